The quantitative estimate of drug-likeness (QED) is 0.750. The third kappa shape index (κ3) is 2.91. The highest BCUT2D eigenvalue weighted by Crippen LogP contribution is 2.46. The monoisotopic (exact) mass is 382 g/mol. The van der Waals surface area contributed by atoms with E-state index in [1.165, 1.54) is 0 Å². The van der Waals surface area contributed by atoms with Gasteiger partial charge in [-0.15, -0.1) is 0 Å². The normalized spacial score (nSPS) is 30.3. The SMILES string of the molecule is CC1(F)CCC(n2ncc3c(=O)[nH]c([C@H]4CC[C@H]4c4ncccn4)nc32)CC1. The Kier molecular flexibility index (Phi) is 4.03. The maximum absolute atomic E-state index is 14.2. The van der Waals surface area contributed by atoms with Gasteiger partial charge in [-0.2, -0.15) is 5.10 Å². The second kappa shape index (κ2) is 6.46. The molecule has 0 amide bonds. The van der Waals surface area contributed by atoms with Gasteiger partial charge < -0.3 is 4.98 Å². The van der Waals surface area contributed by atoms with Crippen molar-refractivity contribution in [3.63, 3.8) is 0 Å². The summed E-state index contributed by atoms with van der Waals surface area (Å²) >= 11 is 0. The van der Waals surface area contributed by atoms with Crippen molar-refractivity contribution in [2.45, 2.75) is 69.0 Å². The van der Waals surface area contributed by atoms with Crippen molar-refractivity contribution in [1.82, 2.24) is 29.7 Å². The van der Waals surface area contributed by atoms with Crippen molar-refractivity contribution in [3.8, 4) is 0 Å². The zero-order valence-electron chi connectivity index (χ0n) is 15.8. The summed E-state index contributed by atoms with van der Waals surface area (Å²) in [5.41, 5.74) is -0.674. The number of nitrogens with one attached hydrogen (secondary N) is 1. The summed E-state index contributed by atoms with van der Waals surface area (Å²) in [4.78, 5) is 29.1. The van der Waals surface area contributed by atoms with Gasteiger partial charge in [0.2, 0.25) is 0 Å². The molecule has 1 N–H and O–H groups in total. The Bertz CT molecular complexity index is 1050. The number of nitrogens with zero attached hydrogens (tertiary/aromatic N) is 5. The number of halogens is 1. The average Bonchev–Trinajstić information content (AvgIpc) is 3.06. The van der Waals surface area contributed by atoms with E-state index in [2.05, 4.69) is 20.1 Å². The fourth-order valence-electron chi connectivity index (χ4n) is 4.48. The molecule has 2 aliphatic carbocycles. The largest absolute Gasteiger partial charge is 0.310 e. The number of aromatic nitrogens is 6. The lowest BCUT2D eigenvalue weighted by Gasteiger charge is -2.34. The lowest BCUT2D eigenvalue weighted by atomic mass is 9.72. The number of rotatable bonds is 3. The van der Waals surface area contributed by atoms with Gasteiger partial charge in [0, 0.05) is 24.2 Å². The third-order valence-electron chi connectivity index (χ3n) is 6.37. The van der Waals surface area contributed by atoms with E-state index in [9.17, 15) is 9.18 Å². The van der Waals surface area contributed by atoms with E-state index in [4.69, 9.17) is 4.98 Å². The predicted octanol–water partition coefficient (Wildman–Crippen LogP) is 3.41. The van der Waals surface area contributed by atoms with Gasteiger partial charge in [-0.1, -0.05) is 0 Å². The smallest absolute Gasteiger partial charge is 0.262 e. The Morgan fingerprint density at radius 3 is 2.54 bits per heavy atom. The van der Waals surface area contributed by atoms with Crippen LogP contribution in [0.15, 0.2) is 29.5 Å². The molecule has 7 nitrogen and oxygen atoms in total. The molecule has 0 bridgehead atoms. The van der Waals surface area contributed by atoms with Gasteiger partial charge in [0.25, 0.3) is 5.56 Å². The minimum Gasteiger partial charge on any atom is -0.310 e. The maximum atomic E-state index is 14.2. The standard InChI is InChI=1S/C20H23FN6O/c1-20(21)7-5-12(6-8-20)27-18-15(11-24-27)19(28)26-17(25-18)14-4-3-13(14)16-22-9-2-10-23-16/h2,9-14H,3-8H2,1H3,(H,25,26,28)/t12?,13-,14+,20?/m1/s1. The van der Waals surface area contributed by atoms with Crippen LogP contribution >= 0.6 is 0 Å². The van der Waals surface area contributed by atoms with Crippen LogP contribution in [0.4, 0.5) is 4.39 Å². The van der Waals surface area contributed by atoms with Crippen LogP contribution in [0.5, 0.6) is 0 Å². The van der Waals surface area contributed by atoms with Crippen LogP contribution in [-0.2, 0) is 0 Å². The van der Waals surface area contributed by atoms with E-state index in [1.807, 2.05) is 4.68 Å². The second-order valence-electron chi connectivity index (χ2n) is 8.32. The van der Waals surface area contributed by atoms with Gasteiger partial charge in [-0.05, 0) is 51.5 Å². The lowest BCUT2D eigenvalue weighted by Crippen LogP contribution is -2.29. The molecule has 5 rings (SSSR count). The highest BCUT2D eigenvalue weighted by atomic mass is 19.1. The number of fused-ring (bicyclic) bond motifs is 1. The third-order valence-corrected chi connectivity index (χ3v) is 6.37. The predicted molar refractivity (Wildman–Crippen MR) is 102 cm³/mol. The van der Waals surface area contributed by atoms with E-state index in [1.54, 1.807) is 31.6 Å². The van der Waals surface area contributed by atoms with Crippen molar-refractivity contribution in [2.75, 3.05) is 0 Å². The molecule has 8 heteroatoms. The van der Waals surface area contributed by atoms with Gasteiger partial charge in [-0.25, -0.2) is 24.0 Å². The summed E-state index contributed by atoms with van der Waals surface area (Å²) < 4.78 is 16.0. The second-order valence-corrected chi connectivity index (χ2v) is 8.32. The van der Waals surface area contributed by atoms with E-state index in [-0.39, 0.29) is 23.4 Å². The first-order chi connectivity index (χ1) is 13.5. The molecular weight excluding hydrogens is 359 g/mol. The van der Waals surface area contributed by atoms with E-state index >= 15 is 0 Å². The molecule has 0 unspecified atom stereocenters. The maximum Gasteiger partial charge on any atom is 0.262 e. The van der Waals surface area contributed by atoms with Crippen LogP contribution in [0.3, 0.4) is 0 Å². The molecule has 0 aromatic carbocycles. The van der Waals surface area contributed by atoms with E-state index in [0.717, 1.165) is 18.7 Å². The Hall–Kier alpha value is -2.64. The fraction of sp³-hybridized carbons (Fsp3) is 0.550. The minimum atomic E-state index is -1.11. The van der Waals surface area contributed by atoms with E-state index in [0.29, 0.717) is 42.5 Å². The number of aromatic amines is 1. The fourth-order valence-corrected chi connectivity index (χ4v) is 4.48. The molecule has 0 spiro atoms. The van der Waals surface area contributed by atoms with Crippen molar-refractivity contribution in [3.05, 3.63) is 46.7 Å². The van der Waals surface area contributed by atoms with Crippen LogP contribution in [0.25, 0.3) is 11.0 Å². The summed E-state index contributed by atoms with van der Waals surface area (Å²) in [5.74, 6) is 1.74. The summed E-state index contributed by atoms with van der Waals surface area (Å²) in [6.45, 7) is 1.66. The molecule has 2 fully saturated rings. The Labute approximate surface area is 161 Å². The molecular formula is C20H23FN6O. The highest BCUT2D eigenvalue weighted by Gasteiger charge is 2.38. The average molecular weight is 382 g/mol. The first-order valence-electron chi connectivity index (χ1n) is 9.95. The molecule has 2 atom stereocenters. The summed E-state index contributed by atoms with van der Waals surface area (Å²) in [6, 6.07) is 1.88. The first kappa shape index (κ1) is 17.5. The number of hydrogen-bond acceptors (Lipinski definition) is 5. The van der Waals surface area contributed by atoms with Crippen LogP contribution < -0.4 is 5.56 Å². The van der Waals surface area contributed by atoms with Gasteiger partial charge in [0.1, 0.15) is 22.7 Å². The van der Waals surface area contributed by atoms with Crippen molar-refractivity contribution in [2.24, 2.45) is 0 Å². The Balaban J connectivity index is 1.49. The van der Waals surface area contributed by atoms with E-state index < -0.39 is 5.67 Å². The van der Waals surface area contributed by atoms with Gasteiger partial charge in [-0.3, -0.25) is 4.79 Å². The highest BCUT2D eigenvalue weighted by molar-refractivity contribution is 5.73. The van der Waals surface area contributed by atoms with Crippen molar-refractivity contribution < 1.29 is 4.39 Å². The van der Waals surface area contributed by atoms with Crippen molar-refractivity contribution in [1.29, 1.82) is 0 Å². The molecule has 3 aromatic rings. The molecule has 0 aliphatic heterocycles. The summed E-state index contributed by atoms with van der Waals surface area (Å²) in [5, 5.41) is 4.93. The van der Waals surface area contributed by atoms with Crippen LogP contribution in [0, 0.1) is 0 Å². The van der Waals surface area contributed by atoms with Crippen molar-refractivity contribution >= 4 is 11.0 Å². The lowest BCUT2D eigenvalue weighted by molar-refractivity contribution is 0.103. The number of alkyl halides is 1. The van der Waals surface area contributed by atoms with Crippen LogP contribution in [-0.4, -0.2) is 35.4 Å². The number of hydrogen-bond donors (Lipinski definition) is 1. The molecule has 0 saturated heterocycles. The Morgan fingerprint density at radius 1 is 1.14 bits per heavy atom. The number of H-pyrrole nitrogens is 1. The molecule has 3 heterocycles. The summed E-state index contributed by atoms with van der Waals surface area (Å²) in [6.07, 6.45) is 9.41. The Morgan fingerprint density at radius 2 is 1.86 bits per heavy atom. The van der Waals surface area contributed by atoms with Gasteiger partial charge in [0.15, 0.2) is 5.65 Å². The first-order valence-corrected chi connectivity index (χ1v) is 9.95. The molecule has 28 heavy (non-hydrogen) atoms. The minimum absolute atomic E-state index is 0.0816. The molecule has 2 aliphatic rings. The molecule has 146 valence electrons. The van der Waals surface area contributed by atoms with Gasteiger partial charge >= 0.3 is 0 Å². The molecule has 2 saturated carbocycles. The zero-order chi connectivity index (χ0) is 19.3. The van der Waals surface area contributed by atoms with Crippen LogP contribution in [0.2, 0.25) is 0 Å². The molecule has 3 aromatic heterocycles. The summed E-state index contributed by atoms with van der Waals surface area (Å²) in [7, 11) is 0. The topological polar surface area (TPSA) is 89.4 Å². The zero-order valence-corrected chi connectivity index (χ0v) is 15.8. The molecule has 0 radical (unpaired) electrons. The van der Waals surface area contributed by atoms with Crippen LogP contribution in [0.1, 0.15) is 75.0 Å². The van der Waals surface area contributed by atoms with Gasteiger partial charge in [0.05, 0.1) is 12.2 Å².